The molecule has 1 N–H and O–H groups in total. The molecule has 0 aromatic heterocycles. The largest absolute Gasteiger partial charge is 0.382 e. The molecule has 2 amide bonds. The van der Waals surface area contributed by atoms with E-state index < -0.39 is 6.10 Å². The Hall–Kier alpha value is -2.37. The molecule has 1 aromatic rings. The fourth-order valence-corrected chi connectivity index (χ4v) is 3.80. The zero-order chi connectivity index (χ0) is 20.1. The Labute approximate surface area is 167 Å². The average Bonchev–Trinajstić information content (AvgIpc) is 3.17. The summed E-state index contributed by atoms with van der Waals surface area (Å²) in [5.74, 6) is 0.908. The van der Waals surface area contributed by atoms with Gasteiger partial charge in [-0.25, -0.2) is 0 Å². The van der Waals surface area contributed by atoms with Crippen LogP contribution in [0.4, 0.5) is 5.69 Å². The minimum atomic E-state index is -0.450. The van der Waals surface area contributed by atoms with Gasteiger partial charge >= 0.3 is 0 Å². The van der Waals surface area contributed by atoms with Crippen LogP contribution in [0.1, 0.15) is 51.5 Å². The lowest BCUT2D eigenvalue weighted by Gasteiger charge is -2.33. The second-order valence-corrected chi connectivity index (χ2v) is 8.26. The summed E-state index contributed by atoms with van der Waals surface area (Å²) in [6, 6.07) is 7.84. The first kappa shape index (κ1) is 20.4. The maximum Gasteiger partial charge on any atom is 0.266 e. The van der Waals surface area contributed by atoms with Gasteiger partial charge in [-0.15, -0.1) is 0 Å². The number of carbonyl (C=O) groups excluding carboxylic acids is 2. The first-order chi connectivity index (χ1) is 13.4. The van der Waals surface area contributed by atoms with Crippen molar-refractivity contribution in [2.45, 2.75) is 59.0 Å². The van der Waals surface area contributed by atoms with Gasteiger partial charge in [0.2, 0.25) is 12.0 Å². The second kappa shape index (κ2) is 9.22. The third-order valence-corrected chi connectivity index (χ3v) is 5.64. The number of carbonyl (C=O) groups is 2. The van der Waals surface area contributed by atoms with Crippen molar-refractivity contribution in [3.8, 4) is 0 Å². The van der Waals surface area contributed by atoms with E-state index in [0.29, 0.717) is 24.7 Å². The molecule has 2 aliphatic rings. The summed E-state index contributed by atoms with van der Waals surface area (Å²) >= 11 is 0. The van der Waals surface area contributed by atoms with Crippen LogP contribution in [0.15, 0.2) is 29.4 Å². The van der Waals surface area contributed by atoms with Gasteiger partial charge in [0.25, 0.3) is 5.91 Å². The SMILES string of the molecule is Cc1cccc(NC(=O)CCC2CCN(C(=O)C3CC(C(C)C)=NO3)CC2)c1. The maximum absolute atomic E-state index is 12.6. The quantitative estimate of drug-likeness (QED) is 0.811. The number of amides is 2. The fraction of sp³-hybridized carbons (Fsp3) is 0.591. The predicted molar refractivity (Wildman–Crippen MR) is 110 cm³/mol. The van der Waals surface area contributed by atoms with E-state index in [0.717, 1.165) is 49.3 Å². The molecule has 28 heavy (non-hydrogen) atoms. The molecule has 3 rings (SSSR count). The summed E-state index contributed by atoms with van der Waals surface area (Å²) in [4.78, 5) is 32.1. The smallest absolute Gasteiger partial charge is 0.266 e. The number of oxime groups is 1. The number of piperidine rings is 1. The van der Waals surface area contributed by atoms with Gasteiger partial charge in [0, 0.05) is 31.6 Å². The standard InChI is InChI=1S/C22H31N3O3/c1-15(2)19-14-20(28-24-19)22(27)25-11-9-17(10-12-25)7-8-21(26)23-18-6-4-5-16(3)13-18/h4-6,13,15,17,20H,7-12,14H2,1-3H3,(H,23,26). The summed E-state index contributed by atoms with van der Waals surface area (Å²) in [7, 11) is 0. The molecule has 1 aromatic carbocycles. The van der Waals surface area contributed by atoms with E-state index in [1.807, 2.05) is 36.1 Å². The Morgan fingerprint density at radius 2 is 2.04 bits per heavy atom. The van der Waals surface area contributed by atoms with Gasteiger partial charge < -0.3 is 15.1 Å². The van der Waals surface area contributed by atoms with Gasteiger partial charge in [-0.1, -0.05) is 31.1 Å². The van der Waals surface area contributed by atoms with Gasteiger partial charge in [0.05, 0.1) is 5.71 Å². The highest BCUT2D eigenvalue weighted by Gasteiger charge is 2.34. The van der Waals surface area contributed by atoms with Crippen LogP contribution >= 0.6 is 0 Å². The lowest BCUT2D eigenvalue weighted by molar-refractivity contribution is -0.143. The van der Waals surface area contributed by atoms with Crippen molar-refractivity contribution < 1.29 is 14.4 Å². The third kappa shape index (κ3) is 5.33. The molecule has 6 nitrogen and oxygen atoms in total. The maximum atomic E-state index is 12.6. The van der Waals surface area contributed by atoms with Crippen LogP contribution in [-0.2, 0) is 14.4 Å². The molecule has 1 atom stereocenters. The van der Waals surface area contributed by atoms with Crippen molar-refractivity contribution in [3.05, 3.63) is 29.8 Å². The van der Waals surface area contributed by atoms with Crippen LogP contribution in [0.3, 0.4) is 0 Å². The molecular weight excluding hydrogens is 354 g/mol. The lowest BCUT2D eigenvalue weighted by atomic mass is 9.91. The summed E-state index contributed by atoms with van der Waals surface area (Å²) in [5, 5.41) is 7.03. The number of hydrogen-bond acceptors (Lipinski definition) is 4. The lowest BCUT2D eigenvalue weighted by Crippen LogP contribution is -2.44. The molecule has 1 unspecified atom stereocenters. The Morgan fingerprint density at radius 1 is 1.29 bits per heavy atom. The summed E-state index contributed by atoms with van der Waals surface area (Å²) in [6.45, 7) is 7.61. The van der Waals surface area contributed by atoms with Crippen LogP contribution in [0.2, 0.25) is 0 Å². The van der Waals surface area contributed by atoms with Gasteiger partial charge in [-0.3, -0.25) is 9.59 Å². The van der Waals surface area contributed by atoms with E-state index in [4.69, 9.17) is 4.84 Å². The summed E-state index contributed by atoms with van der Waals surface area (Å²) in [6.07, 6.45) is 3.41. The number of nitrogens with zero attached hydrogens (tertiary/aromatic N) is 2. The first-order valence-corrected chi connectivity index (χ1v) is 10.3. The Balaban J connectivity index is 1.37. The number of hydrogen-bond donors (Lipinski definition) is 1. The van der Waals surface area contributed by atoms with E-state index in [-0.39, 0.29) is 11.8 Å². The third-order valence-electron chi connectivity index (χ3n) is 5.64. The Morgan fingerprint density at radius 3 is 2.68 bits per heavy atom. The summed E-state index contributed by atoms with van der Waals surface area (Å²) in [5.41, 5.74) is 2.95. The van der Waals surface area contributed by atoms with Crippen molar-refractivity contribution in [1.82, 2.24) is 4.90 Å². The number of likely N-dealkylation sites (tertiary alicyclic amines) is 1. The number of rotatable bonds is 6. The molecule has 2 heterocycles. The molecule has 0 aliphatic carbocycles. The normalized spacial score (nSPS) is 20.1. The number of benzene rings is 1. The van der Waals surface area contributed by atoms with E-state index in [9.17, 15) is 9.59 Å². The zero-order valence-corrected chi connectivity index (χ0v) is 17.1. The van der Waals surface area contributed by atoms with Crippen LogP contribution in [-0.4, -0.2) is 41.6 Å². The van der Waals surface area contributed by atoms with Crippen LogP contribution < -0.4 is 5.32 Å². The predicted octanol–water partition coefficient (Wildman–Crippen LogP) is 3.75. The highest BCUT2D eigenvalue weighted by molar-refractivity contribution is 5.94. The van der Waals surface area contributed by atoms with Crippen LogP contribution in [0.25, 0.3) is 0 Å². The van der Waals surface area contributed by atoms with Crippen molar-refractivity contribution in [2.75, 3.05) is 18.4 Å². The van der Waals surface area contributed by atoms with Crippen LogP contribution in [0.5, 0.6) is 0 Å². The number of anilines is 1. The van der Waals surface area contributed by atoms with E-state index >= 15 is 0 Å². The molecule has 2 aliphatic heterocycles. The molecule has 0 radical (unpaired) electrons. The highest BCUT2D eigenvalue weighted by atomic mass is 16.6. The van der Waals surface area contributed by atoms with Gasteiger partial charge in [0.15, 0.2) is 0 Å². The minimum absolute atomic E-state index is 0.0510. The van der Waals surface area contributed by atoms with E-state index in [1.54, 1.807) is 0 Å². The van der Waals surface area contributed by atoms with Crippen molar-refractivity contribution in [3.63, 3.8) is 0 Å². The van der Waals surface area contributed by atoms with Gasteiger partial charge in [-0.2, -0.15) is 0 Å². The molecule has 0 saturated carbocycles. The number of aryl methyl sites for hydroxylation is 1. The molecule has 1 saturated heterocycles. The topological polar surface area (TPSA) is 71.0 Å². The molecular formula is C22H31N3O3. The van der Waals surface area contributed by atoms with Gasteiger partial charge in [-0.05, 0) is 55.7 Å². The second-order valence-electron chi connectivity index (χ2n) is 8.26. The minimum Gasteiger partial charge on any atom is -0.382 e. The Kier molecular flexibility index (Phi) is 6.70. The highest BCUT2D eigenvalue weighted by Crippen LogP contribution is 2.25. The van der Waals surface area contributed by atoms with Crippen molar-refractivity contribution in [2.24, 2.45) is 17.0 Å². The van der Waals surface area contributed by atoms with E-state index in [1.165, 1.54) is 0 Å². The zero-order valence-electron chi connectivity index (χ0n) is 17.1. The van der Waals surface area contributed by atoms with Crippen molar-refractivity contribution in [1.29, 1.82) is 0 Å². The fourth-order valence-electron chi connectivity index (χ4n) is 3.80. The van der Waals surface area contributed by atoms with Crippen molar-refractivity contribution >= 4 is 23.2 Å². The first-order valence-electron chi connectivity index (χ1n) is 10.3. The Bertz CT molecular complexity index is 736. The molecule has 0 bridgehead atoms. The molecule has 1 fully saturated rings. The van der Waals surface area contributed by atoms with E-state index in [2.05, 4.69) is 24.3 Å². The monoisotopic (exact) mass is 385 g/mol. The molecule has 152 valence electrons. The summed E-state index contributed by atoms with van der Waals surface area (Å²) < 4.78 is 0. The number of nitrogens with one attached hydrogen (secondary N) is 1. The molecule has 0 spiro atoms. The van der Waals surface area contributed by atoms with Gasteiger partial charge in [0.1, 0.15) is 0 Å². The average molecular weight is 386 g/mol. The van der Waals surface area contributed by atoms with Crippen LogP contribution in [0, 0.1) is 18.8 Å². The molecule has 6 heteroatoms.